The molecule has 0 aliphatic rings. The van der Waals surface area contributed by atoms with E-state index in [1.54, 1.807) is 0 Å². The highest BCUT2D eigenvalue weighted by atomic mass is 31.2. The Morgan fingerprint density at radius 1 is 0.508 bits per heavy atom. The van der Waals surface area contributed by atoms with E-state index >= 15 is 0 Å². The van der Waals surface area contributed by atoms with Crippen LogP contribution in [0.2, 0.25) is 0 Å². The normalized spacial score (nSPS) is 14.0. The molecule has 0 aromatic rings. The van der Waals surface area contributed by atoms with Crippen molar-refractivity contribution in [3.63, 3.8) is 0 Å². The van der Waals surface area contributed by atoms with Crippen LogP contribution in [0.25, 0.3) is 0 Å². The molecule has 388 valence electrons. The zero-order valence-electron chi connectivity index (χ0n) is 44.3. The number of phosphoric ester groups is 1. The number of aliphatic hydroxyl groups excluding tert-OH is 1. The van der Waals surface area contributed by atoms with Gasteiger partial charge < -0.3 is 19.8 Å². The number of hydrogen-bond donors (Lipinski definition) is 3. The summed E-state index contributed by atoms with van der Waals surface area (Å²) in [6, 6.07) is -0.755. The number of phosphoric acid groups is 1. The molecule has 3 atom stereocenters. The lowest BCUT2D eigenvalue weighted by atomic mass is 10.0. The van der Waals surface area contributed by atoms with E-state index in [9.17, 15) is 19.4 Å². The molecule has 0 aliphatic heterocycles. The Morgan fingerprint density at radius 2 is 0.831 bits per heavy atom. The number of nitrogens with one attached hydrogen (secondary N) is 1. The van der Waals surface area contributed by atoms with Crippen LogP contribution in [-0.2, 0) is 18.4 Å². The zero-order chi connectivity index (χ0) is 47.8. The second-order valence-electron chi connectivity index (χ2n) is 21.0. The highest BCUT2D eigenvalue weighted by Crippen LogP contribution is 2.43. The molecule has 3 unspecified atom stereocenters. The van der Waals surface area contributed by atoms with Gasteiger partial charge in [-0.25, -0.2) is 4.57 Å². The van der Waals surface area contributed by atoms with E-state index in [4.69, 9.17) is 9.05 Å². The van der Waals surface area contributed by atoms with Crippen LogP contribution in [0.1, 0.15) is 290 Å². The lowest BCUT2D eigenvalue weighted by Crippen LogP contribution is -2.46. The fraction of sp³-hybridized carbons (Fsp3) is 0.946. The van der Waals surface area contributed by atoms with Gasteiger partial charge in [-0.05, 0) is 38.5 Å². The maximum atomic E-state index is 12.9. The first-order valence-corrected chi connectivity index (χ1v) is 30.0. The summed E-state index contributed by atoms with van der Waals surface area (Å²) < 4.78 is 23.7. The SMILES string of the molecule is CCCCCCCCCCCCCC/C=C\CCCCCCCCCCCCCCCCCCCC(=O)NC(COP(=O)(O)OCC[N+](C)(C)C)C(O)CCCCCCCCCCCC. The molecule has 0 rings (SSSR count). The Bertz CT molecular complexity index is 1070. The summed E-state index contributed by atoms with van der Waals surface area (Å²) >= 11 is 0. The average molecular weight is 943 g/mol. The van der Waals surface area contributed by atoms with Crippen molar-refractivity contribution in [1.29, 1.82) is 0 Å². The van der Waals surface area contributed by atoms with Crippen molar-refractivity contribution in [3.05, 3.63) is 12.2 Å². The Hall–Kier alpha value is -0.760. The number of carbonyl (C=O) groups excluding carboxylic acids is 1. The van der Waals surface area contributed by atoms with Gasteiger partial charge >= 0.3 is 7.82 Å². The van der Waals surface area contributed by atoms with Gasteiger partial charge in [-0.1, -0.05) is 257 Å². The molecule has 0 fully saturated rings. The standard InChI is InChI=1S/C56H113N2O6P/c1-6-8-10-12-14-16-18-19-20-21-22-23-24-25-26-27-28-29-30-31-32-33-34-35-36-37-38-39-40-42-44-46-48-50-56(60)57-54(53-64-65(61,62)63-52-51-58(3,4)5)55(59)49-47-45-43-41-17-15-13-11-9-7-2/h25-26,54-55,59H,6-24,27-53H2,1-5H3,(H-,57,60,61,62)/p+1/b26-25-. The fourth-order valence-corrected chi connectivity index (χ4v) is 9.49. The molecule has 0 saturated heterocycles. The van der Waals surface area contributed by atoms with E-state index < -0.39 is 20.0 Å². The van der Waals surface area contributed by atoms with Gasteiger partial charge in [0.15, 0.2) is 0 Å². The van der Waals surface area contributed by atoms with Crippen molar-refractivity contribution in [2.75, 3.05) is 40.9 Å². The quantitative estimate of drug-likeness (QED) is 0.0243. The summed E-state index contributed by atoms with van der Waals surface area (Å²) in [5, 5.41) is 14.0. The Balaban J connectivity index is 3.89. The molecule has 65 heavy (non-hydrogen) atoms. The van der Waals surface area contributed by atoms with Gasteiger partial charge in [-0.3, -0.25) is 13.8 Å². The first-order valence-electron chi connectivity index (χ1n) is 28.6. The second kappa shape index (κ2) is 48.3. The number of rotatable bonds is 53. The smallest absolute Gasteiger partial charge is 0.391 e. The minimum absolute atomic E-state index is 0.0773. The lowest BCUT2D eigenvalue weighted by molar-refractivity contribution is -0.870. The van der Waals surface area contributed by atoms with Crippen molar-refractivity contribution >= 4 is 13.7 Å². The fourth-order valence-electron chi connectivity index (χ4n) is 8.75. The molecule has 0 radical (unpaired) electrons. The van der Waals surface area contributed by atoms with Gasteiger partial charge in [0.25, 0.3) is 0 Å². The molecule has 0 aromatic carbocycles. The highest BCUT2D eigenvalue weighted by molar-refractivity contribution is 7.47. The van der Waals surface area contributed by atoms with Gasteiger partial charge in [0, 0.05) is 6.42 Å². The van der Waals surface area contributed by atoms with Crippen LogP contribution in [0.4, 0.5) is 0 Å². The minimum atomic E-state index is -4.31. The van der Waals surface area contributed by atoms with Crippen molar-refractivity contribution in [1.82, 2.24) is 5.32 Å². The van der Waals surface area contributed by atoms with Gasteiger partial charge in [0.2, 0.25) is 5.91 Å². The predicted octanol–water partition coefficient (Wildman–Crippen LogP) is 17.0. The van der Waals surface area contributed by atoms with Crippen LogP contribution in [0.5, 0.6) is 0 Å². The number of likely N-dealkylation sites (N-methyl/N-ethyl adjacent to an activating group) is 1. The average Bonchev–Trinajstić information content (AvgIpc) is 3.26. The van der Waals surface area contributed by atoms with Gasteiger partial charge in [-0.2, -0.15) is 0 Å². The zero-order valence-corrected chi connectivity index (χ0v) is 45.2. The molecule has 9 heteroatoms. The Labute approximate surface area is 405 Å². The third kappa shape index (κ3) is 50.9. The van der Waals surface area contributed by atoms with Crippen LogP contribution in [0.3, 0.4) is 0 Å². The lowest BCUT2D eigenvalue weighted by Gasteiger charge is -2.26. The van der Waals surface area contributed by atoms with Crippen LogP contribution in [0, 0.1) is 0 Å². The monoisotopic (exact) mass is 942 g/mol. The van der Waals surface area contributed by atoms with E-state index in [1.807, 2.05) is 21.1 Å². The molecule has 0 aliphatic carbocycles. The Morgan fingerprint density at radius 3 is 1.18 bits per heavy atom. The first kappa shape index (κ1) is 64.2. The predicted molar refractivity (Wildman–Crippen MR) is 282 cm³/mol. The summed E-state index contributed by atoms with van der Waals surface area (Å²) in [6.07, 6.45) is 58.7. The molecule has 0 aromatic heterocycles. The molecular formula is C56H114N2O6P+. The number of hydrogen-bond acceptors (Lipinski definition) is 5. The van der Waals surface area contributed by atoms with E-state index in [0.29, 0.717) is 23.9 Å². The van der Waals surface area contributed by atoms with Crippen molar-refractivity contribution in [2.45, 2.75) is 302 Å². The second-order valence-corrected chi connectivity index (χ2v) is 22.5. The van der Waals surface area contributed by atoms with E-state index in [1.165, 1.54) is 225 Å². The maximum Gasteiger partial charge on any atom is 0.472 e. The molecule has 0 saturated carbocycles. The van der Waals surface area contributed by atoms with Gasteiger partial charge in [0.1, 0.15) is 13.2 Å². The van der Waals surface area contributed by atoms with Crippen molar-refractivity contribution < 1.29 is 32.9 Å². The van der Waals surface area contributed by atoms with Crippen LogP contribution in [-0.4, -0.2) is 73.4 Å². The summed E-state index contributed by atoms with van der Waals surface area (Å²) in [5.41, 5.74) is 0. The summed E-state index contributed by atoms with van der Waals surface area (Å²) in [6.45, 7) is 4.90. The number of amides is 1. The topological polar surface area (TPSA) is 105 Å². The largest absolute Gasteiger partial charge is 0.472 e. The third-order valence-electron chi connectivity index (χ3n) is 13.3. The van der Waals surface area contributed by atoms with Gasteiger partial charge in [0.05, 0.1) is 39.9 Å². The number of allylic oxidation sites excluding steroid dienone is 2. The first-order chi connectivity index (χ1) is 31.5. The van der Waals surface area contributed by atoms with E-state index in [-0.39, 0.29) is 19.1 Å². The van der Waals surface area contributed by atoms with E-state index in [0.717, 1.165) is 38.5 Å². The third-order valence-corrected chi connectivity index (χ3v) is 14.2. The van der Waals surface area contributed by atoms with Crippen molar-refractivity contribution in [2.24, 2.45) is 0 Å². The number of nitrogens with zero attached hydrogens (tertiary/aromatic N) is 1. The highest BCUT2D eigenvalue weighted by Gasteiger charge is 2.28. The van der Waals surface area contributed by atoms with Crippen LogP contribution in [0.15, 0.2) is 12.2 Å². The molecule has 0 heterocycles. The minimum Gasteiger partial charge on any atom is -0.391 e. The summed E-state index contributed by atoms with van der Waals surface area (Å²) in [4.78, 5) is 23.2. The van der Waals surface area contributed by atoms with Crippen LogP contribution < -0.4 is 5.32 Å². The molecule has 0 spiro atoms. The van der Waals surface area contributed by atoms with Crippen molar-refractivity contribution in [3.8, 4) is 0 Å². The number of quaternary nitrogens is 1. The molecule has 0 bridgehead atoms. The molecule has 3 N–H and O–H groups in total. The number of carbonyl (C=O) groups is 1. The maximum absolute atomic E-state index is 12.9. The van der Waals surface area contributed by atoms with E-state index in [2.05, 4.69) is 31.3 Å². The van der Waals surface area contributed by atoms with Gasteiger partial charge in [-0.15, -0.1) is 0 Å². The molecule has 1 amide bonds. The summed E-state index contributed by atoms with van der Waals surface area (Å²) in [7, 11) is 1.63. The number of aliphatic hydroxyl groups is 1. The van der Waals surface area contributed by atoms with Crippen LogP contribution >= 0.6 is 7.82 Å². The molecular weight excluding hydrogens is 828 g/mol. The number of unbranched alkanes of at least 4 members (excludes halogenated alkanes) is 38. The molecule has 8 nitrogen and oxygen atoms in total. The Kier molecular flexibility index (Phi) is 47.7. The summed E-state index contributed by atoms with van der Waals surface area (Å²) in [5.74, 6) is -0.141.